The Morgan fingerprint density at radius 3 is 1.99 bits per heavy atom. The van der Waals surface area contributed by atoms with Gasteiger partial charge in [0.2, 0.25) is 5.75 Å². The van der Waals surface area contributed by atoms with Gasteiger partial charge < -0.3 is 57.4 Å². The van der Waals surface area contributed by atoms with Crippen LogP contribution in [0.15, 0.2) is 64.8 Å². The number of rotatable bonds is 39. The number of carbonyl (C=O) groups is 1. The zero-order valence-electron chi connectivity index (χ0n) is 40.6. The molecule has 1 aliphatic rings. The minimum Gasteiger partial charge on any atom is -0.420 e. The van der Waals surface area contributed by atoms with Crippen molar-refractivity contribution in [3.63, 3.8) is 0 Å². The third kappa shape index (κ3) is 21.3. The van der Waals surface area contributed by atoms with E-state index in [1.165, 1.54) is 0 Å². The zero-order chi connectivity index (χ0) is 51.0. The number of halogens is 4. The van der Waals surface area contributed by atoms with Crippen LogP contribution in [0.1, 0.15) is 61.7 Å². The molecule has 0 bridgehead atoms. The summed E-state index contributed by atoms with van der Waals surface area (Å²) in [7, 11) is 0. The average molecular weight is 1040 g/mol. The van der Waals surface area contributed by atoms with E-state index in [1.54, 1.807) is 21.8 Å². The van der Waals surface area contributed by atoms with E-state index >= 15 is 0 Å². The predicted octanol–water partition coefficient (Wildman–Crippen LogP) is 5.93. The Morgan fingerprint density at radius 2 is 1.40 bits per heavy atom. The highest BCUT2D eigenvalue weighted by Gasteiger charge is 2.30. The van der Waals surface area contributed by atoms with Crippen molar-refractivity contribution in [2.24, 2.45) is 9.98 Å². The molecule has 398 valence electrons. The van der Waals surface area contributed by atoms with Crippen LogP contribution in [0, 0.1) is 17.5 Å². The van der Waals surface area contributed by atoms with Gasteiger partial charge in [0, 0.05) is 12.1 Å². The van der Waals surface area contributed by atoms with Crippen LogP contribution >= 0.6 is 11.6 Å². The molecule has 3 atom stereocenters. The first-order chi connectivity index (χ1) is 35.3. The Morgan fingerprint density at radius 1 is 0.819 bits per heavy atom. The first-order valence-corrected chi connectivity index (χ1v) is 24.4. The van der Waals surface area contributed by atoms with Crippen LogP contribution < -0.4 is 10.1 Å². The van der Waals surface area contributed by atoms with Gasteiger partial charge in [0.1, 0.15) is 23.4 Å². The Bertz CT molecular complexity index is 2160. The SMILES string of the molecule is C=Nc1c(/C(=N\CCl)NC(COCCOCCOCCOCCOCc2cn(CCOCCOCCOCCOCCC(=O)Oc3c(F)cc(F)cc3F)nn2)c2ccccc2)cnn1C1CCC(CC)O1. The number of carbonyl (C=O) groups excluding carboxylic acids is 1. The van der Waals surface area contributed by atoms with Crippen LogP contribution in [0.25, 0.3) is 0 Å². The summed E-state index contributed by atoms with van der Waals surface area (Å²) in [5.41, 5.74) is 2.38. The van der Waals surface area contributed by atoms with Crippen molar-refractivity contribution < 1.29 is 70.1 Å². The van der Waals surface area contributed by atoms with Crippen LogP contribution in [0.4, 0.5) is 19.0 Å². The largest absolute Gasteiger partial charge is 0.420 e. The molecule has 2 aromatic heterocycles. The first kappa shape index (κ1) is 58.0. The second kappa shape index (κ2) is 34.5. The van der Waals surface area contributed by atoms with Gasteiger partial charge >= 0.3 is 5.97 Å². The number of aromatic nitrogens is 5. The molecule has 1 N–H and O–H groups in total. The summed E-state index contributed by atoms with van der Waals surface area (Å²) in [5, 5.41) is 16.3. The molecule has 1 fully saturated rings. The summed E-state index contributed by atoms with van der Waals surface area (Å²) < 4.78 is 105. The molecule has 3 heterocycles. The normalized spacial score (nSPS) is 15.3. The topological polar surface area (TPSA) is 204 Å². The van der Waals surface area contributed by atoms with Crippen LogP contribution in [0.3, 0.4) is 0 Å². The Balaban J connectivity index is 0.797. The van der Waals surface area contributed by atoms with Gasteiger partial charge in [0.05, 0.1) is 162 Å². The summed E-state index contributed by atoms with van der Waals surface area (Å²) >= 11 is 6.13. The summed E-state index contributed by atoms with van der Waals surface area (Å²) in [4.78, 5) is 20.6. The van der Waals surface area contributed by atoms with Gasteiger partial charge in [-0.15, -0.1) is 16.7 Å². The van der Waals surface area contributed by atoms with Gasteiger partial charge in [-0.2, -0.15) is 5.10 Å². The van der Waals surface area contributed by atoms with Crippen molar-refractivity contribution in [3.8, 4) is 5.75 Å². The summed E-state index contributed by atoms with van der Waals surface area (Å²) in [6.07, 6.45) is 5.98. The molecule has 3 unspecified atom stereocenters. The van der Waals surface area contributed by atoms with Gasteiger partial charge in [-0.05, 0) is 31.5 Å². The highest BCUT2D eigenvalue weighted by molar-refractivity contribution is 6.18. The van der Waals surface area contributed by atoms with Crippen LogP contribution in [0.5, 0.6) is 5.75 Å². The smallest absolute Gasteiger partial charge is 0.313 e. The minimum absolute atomic E-state index is 0.0362. The molecule has 0 saturated carbocycles. The number of aliphatic imine (C=N–C) groups is 2. The second-order valence-corrected chi connectivity index (χ2v) is 16.0. The van der Waals surface area contributed by atoms with Crippen molar-refractivity contribution in [1.82, 2.24) is 30.1 Å². The molecule has 0 amide bonds. The van der Waals surface area contributed by atoms with Crippen molar-refractivity contribution >= 4 is 35.9 Å². The first-order valence-electron chi connectivity index (χ1n) is 23.8. The third-order valence-corrected chi connectivity index (χ3v) is 10.7. The molecule has 0 radical (unpaired) electrons. The number of alkyl halides is 1. The van der Waals surface area contributed by atoms with E-state index in [4.69, 9.17) is 59.0 Å². The molecule has 4 aromatic rings. The standard InChI is InChI=1S/C48H66ClF3N8O12/c1-3-39-9-10-44(71-39)60-48(53-2)40(31-55-60)47(54-35-49)56-43(36-7-5-4-6-8-36)34-70-28-26-68-24-22-66-21-23-67-25-27-69-33-38-32-59(58-57-38)12-14-63-16-18-65-20-19-64-17-15-62-13-11-45(61)72-46-41(51)29-37(50)30-42(46)52/h4-8,29-32,39,43-44H,2-3,9-28,33-35H2,1H3,(H,54,56). The fourth-order valence-corrected chi connectivity index (χ4v) is 7.05. The number of hydrogen-bond donors (Lipinski definition) is 1. The number of amidine groups is 1. The number of benzene rings is 2. The van der Waals surface area contributed by atoms with Gasteiger partial charge in [0.15, 0.2) is 23.7 Å². The third-order valence-electron chi connectivity index (χ3n) is 10.5. The average Bonchev–Trinajstić information content (AvgIpc) is 4.16. The molecule has 1 aliphatic heterocycles. The van der Waals surface area contributed by atoms with E-state index in [0.717, 1.165) is 24.8 Å². The summed E-state index contributed by atoms with van der Waals surface area (Å²) in [6.45, 7) is 12.5. The van der Waals surface area contributed by atoms with E-state index in [-0.39, 0.29) is 50.6 Å². The molecular formula is C48H66ClF3N8O12. The second-order valence-electron chi connectivity index (χ2n) is 15.7. The van der Waals surface area contributed by atoms with Crippen molar-refractivity contribution in [3.05, 3.63) is 89.1 Å². The predicted molar refractivity (Wildman–Crippen MR) is 257 cm³/mol. The van der Waals surface area contributed by atoms with Crippen LogP contribution in [-0.2, 0) is 65.3 Å². The Kier molecular flexibility index (Phi) is 27.8. The minimum atomic E-state index is -1.31. The molecule has 2 aromatic carbocycles. The molecule has 0 spiro atoms. The Labute approximate surface area is 422 Å². The maximum absolute atomic E-state index is 13.6. The number of hydrogen-bond acceptors (Lipinski definition) is 17. The van der Waals surface area contributed by atoms with Crippen LogP contribution in [-0.4, -0.2) is 168 Å². The van der Waals surface area contributed by atoms with E-state index in [9.17, 15) is 18.0 Å². The van der Waals surface area contributed by atoms with Crippen molar-refractivity contribution in [1.29, 1.82) is 0 Å². The lowest BCUT2D eigenvalue weighted by Gasteiger charge is -2.22. The van der Waals surface area contributed by atoms with Gasteiger partial charge in [0.25, 0.3) is 0 Å². The van der Waals surface area contributed by atoms with E-state index < -0.39 is 29.2 Å². The molecule has 0 aliphatic carbocycles. The molecule has 5 rings (SSSR count). The molecule has 72 heavy (non-hydrogen) atoms. The number of esters is 1. The van der Waals surface area contributed by atoms with E-state index in [1.807, 2.05) is 30.3 Å². The maximum atomic E-state index is 13.6. The quantitative estimate of drug-likeness (QED) is 0.0105. The highest BCUT2D eigenvalue weighted by Crippen LogP contribution is 2.34. The van der Waals surface area contributed by atoms with E-state index in [0.29, 0.717) is 141 Å². The molecule has 20 nitrogen and oxygen atoms in total. The van der Waals surface area contributed by atoms with Gasteiger partial charge in [-0.25, -0.2) is 27.5 Å². The van der Waals surface area contributed by atoms with Crippen molar-refractivity contribution in [2.75, 3.05) is 118 Å². The lowest BCUT2D eigenvalue weighted by Crippen LogP contribution is -2.33. The fourth-order valence-electron chi connectivity index (χ4n) is 6.93. The maximum Gasteiger partial charge on any atom is 0.313 e. The fraction of sp³-hybridized carbons (Fsp3) is 0.583. The number of nitrogens with zero attached hydrogens (tertiary/aromatic N) is 7. The highest BCUT2D eigenvalue weighted by atomic mass is 35.5. The van der Waals surface area contributed by atoms with Gasteiger partial charge in [-0.3, -0.25) is 9.79 Å². The molecular weight excluding hydrogens is 973 g/mol. The monoisotopic (exact) mass is 1040 g/mol. The van der Waals surface area contributed by atoms with Crippen LogP contribution in [0.2, 0.25) is 0 Å². The van der Waals surface area contributed by atoms with E-state index in [2.05, 4.69) is 49.1 Å². The summed E-state index contributed by atoms with van der Waals surface area (Å²) in [5.74, 6) is -4.50. The number of nitrogens with one attached hydrogen (secondary N) is 1. The Hall–Kier alpha value is -4.92. The lowest BCUT2D eigenvalue weighted by molar-refractivity contribution is -0.136. The van der Waals surface area contributed by atoms with Crippen molar-refractivity contribution in [2.45, 2.75) is 64.1 Å². The summed E-state index contributed by atoms with van der Waals surface area (Å²) in [6, 6.07) is 10.6. The molecule has 1 saturated heterocycles. The van der Waals surface area contributed by atoms with Gasteiger partial charge in [-0.1, -0.05) is 42.5 Å². The number of ether oxygens (including phenoxy) is 11. The lowest BCUT2D eigenvalue weighted by atomic mass is 10.1. The molecule has 24 heteroatoms. The zero-order valence-corrected chi connectivity index (χ0v) is 41.4.